The predicted octanol–water partition coefficient (Wildman–Crippen LogP) is 2.91. The Morgan fingerprint density at radius 2 is 2.24 bits per heavy atom. The third-order valence-corrected chi connectivity index (χ3v) is 3.15. The standard InChI is InChI=1S/C12H12BrClN2O/c1-7(13)5-11-15-10-4-3-8(14)6-9(10)12(17)16(11)2/h3-4,6-7H,5H2,1-2H3. The number of hydrogen-bond donors (Lipinski definition) is 0. The molecule has 90 valence electrons. The molecule has 0 N–H and O–H groups in total. The number of fused-ring (bicyclic) bond motifs is 1. The quantitative estimate of drug-likeness (QED) is 0.799. The predicted molar refractivity (Wildman–Crippen MR) is 74.1 cm³/mol. The van der Waals surface area contributed by atoms with E-state index in [0.717, 1.165) is 5.82 Å². The number of hydrogen-bond acceptors (Lipinski definition) is 2. The van der Waals surface area contributed by atoms with Crippen LogP contribution in [0.3, 0.4) is 0 Å². The third kappa shape index (κ3) is 2.53. The van der Waals surface area contributed by atoms with Gasteiger partial charge in [0, 0.05) is 23.3 Å². The van der Waals surface area contributed by atoms with Crippen LogP contribution < -0.4 is 5.56 Å². The number of benzene rings is 1. The van der Waals surface area contributed by atoms with Crippen LogP contribution >= 0.6 is 27.5 Å². The molecule has 5 heteroatoms. The van der Waals surface area contributed by atoms with Crippen molar-refractivity contribution in [2.24, 2.45) is 7.05 Å². The second-order valence-electron chi connectivity index (χ2n) is 4.04. The molecule has 2 aromatic rings. The number of rotatable bonds is 2. The van der Waals surface area contributed by atoms with Crippen LogP contribution in [0, 0.1) is 0 Å². The summed E-state index contributed by atoms with van der Waals surface area (Å²) in [5.41, 5.74) is 0.640. The van der Waals surface area contributed by atoms with Crippen molar-refractivity contribution in [1.29, 1.82) is 0 Å². The Morgan fingerprint density at radius 1 is 1.53 bits per heavy atom. The fourth-order valence-electron chi connectivity index (χ4n) is 1.72. The van der Waals surface area contributed by atoms with Gasteiger partial charge in [-0.25, -0.2) is 4.98 Å². The van der Waals surface area contributed by atoms with Crippen LogP contribution in [0.25, 0.3) is 10.9 Å². The second-order valence-corrected chi connectivity index (χ2v) is 6.04. The van der Waals surface area contributed by atoms with Crippen molar-refractivity contribution >= 4 is 38.4 Å². The SMILES string of the molecule is CC(Br)Cc1nc2ccc(Cl)cc2c(=O)n1C. The zero-order chi connectivity index (χ0) is 12.6. The van der Waals surface area contributed by atoms with Gasteiger partial charge in [0.15, 0.2) is 0 Å². The van der Waals surface area contributed by atoms with Gasteiger partial charge in [-0.3, -0.25) is 9.36 Å². The maximum atomic E-state index is 12.1. The molecule has 0 saturated heterocycles. The summed E-state index contributed by atoms with van der Waals surface area (Å²) < 4.78 is 1.58. The highest BCUT2D eigenvalue weighted by Gasteiger charge is 2.10. The summed E-state index contributed by atoms with van der Waals surface area (Å²) in [4.78, 5) is 16.9. The zero-order valence-corrected chi connectivity index (χ0v) is 11.9. The highest BCUT2D eigenvalue weighted by atomic mass is 79.9. The Kier molecular flexibility index (Phi) is 3.54. The minimum atomic E-state index is -0.0550. The summed E-state index contributed by atoms with van der Waals surface area (Å²) in [5.74, 6) is 0.772. The highest BCUT2D eigenvalue weighted by molar-refractivity contribution is 9.09. The molecule has 1 unspecified atom stereocenters. The summed E-state index contributed by atoms with van der Waals surface area (Å²) >= 11 is 9.35. The molecular formula is C12H12BrClN2O. The molecule has 0 radical (unpaired) electrons. The molecule has 0 aliphatic rings. The van der Waals surface area contributed by atoms with Crippen molar-refractivity contribution in [2.45, 2.75) is 18.2 Å². The van der Waals surface area contributed by atoms with E-state index < -0.39 is 0 Å². The Morgan fingerprint density at radius 3 is 2.88 bits per heavy atom. The molecule has 3 nitrogen and oxygen atoms in total. The van der Waals surface area contributed by atoms with E-state index in [9.17, 15) is 4.79 Å². The van der Waals surface area contributed by atoms with Gasteiger partial charge in [0.25, 0.3) is 5.56 Å². The zero-order valence-electron chi connectivity index (χ0n) is 9.58. The molecule has 0 bridgehead atoms. The summed E-state index contributed by atoms with van der Waals surface area (Å²) in [5, 5.41) is 1.11. The maximum Gasteiger partial charge on any atom is 0.261 e. The van der Waals surface area contributed by atoms with E-state index in [-0.39, 0.29) is 10.4 Å². The summed E-state index contributed by atoms with van der Waals surface area (Å²) in [6.07, 6.45) is 0.713. The Hall–Kier alpha value is -0.870. The molecule has 1 aromatic carbocycles. The van der Waals surface area contributed by atoms with Crippen molar-refractivity contribution in [3.63, 3.8) is 0 Å². The van der Waals surface area contributed by atoms with Gasteiger partial charge in [0.2, 0.25) is 0 Å². The largest absolute Gasteiger partial charge is 0.299 e. The Labute approximate surface area is 113 Å². The lowest BCUT2D eigenvalue weighted by Gasteiger charge is -2.10. The van der Waals surface area contributed by atoms with E-state index in [1.165, 1.54) is 0 Å². The van der Waals surface area contributed by atoms with Crippen LogP contribution in [0.1, 0.15) is 12.7 Å². The fourth-order valence-corrected chi connectivity index (χ4v) is 2.18. The van der Waals surface area contributed by atoms with E-state index in [1.54, 1.807) is 29.8 Å². The summed E-state index contributed by atoms with van der Waals surface area (Å²) in [7, 11) is 1.74. The lowest BCUT2D eigenvalue weighted by atomic mass is 10.2. The van der Waals surface area contributed by atoms with Crippen LogP contribution in [-0.4, -0.2) is 14.4 Å². The smallest absolute Gasteiger partial charge is 0.261 e. The summed E-state index contributed by atoms with van der Waals surface area (Å²) in [6.45, 7) is 2.03. The molecule has 17 heavy (non-hydrogen) atoms. The molecule has 1 heterocycles. The number of alkyl halides is 1. The van der Waals surface area contributed by atoms with E-state index in [1.807, 2.05) is 6.92 Å². The first-order valence-corrected chi connectivity index (χ1v) is 6.57. The minimum absolute atomic E-state index is 0.0550. The maximum absolute atomic E-state index is 12.1. The fraction of sp³-hybridized carbons (Fsp3) is 0.333. The topological polar surface area (TPSA) is 34.9 Å². The van der Waals surface area contributed by atoms with Crippen molar-refractivity contribution in [2.75, 3.05) is 0 Å². The van der Waals surface area contributed by atoms with Crippen molar-refractivity contribution in [3.05, 3.63) is 39.4 Å². The third-order valence-electron chi connectivity index (χ3n) is 2.59. The monoisotopic (exact) mass is 314 g/mol. The number of nitrogens with zero attached hydrogens (tertiary/aromatic N) is 2. The molecule has 1 atom stereocenters. The van der Waals surface area contributed by atoms with E-state index in [4.69, 9.17) is 11.6 Å². The van der Waals surface area contributed by atoms with Crippen LogP contribution in [0.2, 0.25) is 5.02 Å². The lowest BCUT2D eigenvalue weighted by Crippen LogP contribution is -2.23. The van der Waals surface area contributed by atoms with Gasteiger partial charge in [-0.1, -0.05) is 34.5 Å². The second kappa shape index (κ2) is 4.78. The van der Waals surface area contributed by atoms with Crippen LogP contribution in [0.15, 0.2) is 23.0 Å². The van der Waals surface area contributed by atoms with E-state index in [0.29, 0.717) is 22.3 Å². The van der Waals surface area contributed by atoms with Crippen LogP contribution in [-0.2, 0) is 13.5 Å². The van der Waals surface area contributed by atoms with Gasteiger partial charge in [-0.15, -0.1) is 0 Å². The average Bonchev–Trinajstić information content (AvgIpc) is 2.26. The van der Waals surface area contributed by atoms with Gasteiger partial charge < -0.3 is 0 Å². The molecular weight excluding hydrogens is 304 g/mol. The van der Waals surface area contributed by atoms with Gasteiger partial charge in [-0.05, 0) is 18.2 Å². The van der Waals surface area contributed by atoms with E-state index in [2.05, 4.69) is 20.9 Å². The van der Waals surface area contributed by atoms with Gasteiger partial charge >= 0.3 is 0 Å². The van der Waals surface area contributed by atoms with E-state index >= 15 is 0 Å². The van der Waals surface area contributed by atoms with Crippen molar-refractivity contribution < 1.29 is 0 Å². The molecule has 1 aromatic heterocycles. The molecule has 2 rings (SSSR count). The molecule has 0 saturated carbocycles. The first kappa shape index (κ1) is 12.6. The highest BCUT2D eigenvalue weighted by Crippen LogP contribution is 2.16. The average molecular weight is 316 g/mol. The first-order chi connectivity index (χ1) is 7.99. The van der Waals surface area contributed by atoms with Crippen molar-refractivity contribution in [3.8, 4) is 0 Å². The first-order valence-electron chi connectivity index (χ1n) is 5.28. The van der Waals surface area contributed by atoms with Gasteiger partial charge in [0.05, 0.1) is 10.9 Å². The Balaban J connectivity index is 2.71. The molecule has 0 aliphatic carbocycles. The molecule has 0 fully saturated rings. The lowest BCUT2D eigenvalue weighted by molar-refractivity contribution is 0.727. The summed E-state index contributed by atoms with van der Waals surface area (Å²) in [6, 6.07) is 5.19. The molecule has 0 aliphatic heterocycles. The number of halogens is 2. The minimum Gasteiger partial charge on any atom is -0.299 e. The van der Waals surface area contributed by atoms with Crippen molar-refractivity contribution in [1.82, 2.24) is 9.55 Å². The van der Waals surface area contributed by atoms with Gasteiger partial charge in [0.1, 0.15) is 5.82 Å². The normalized spacial score (nSPS) is 12.9. The molecule has 0 amide bonds. The molecule has 0 spiro atoms. The van der Waals surface area contributed by atoms with Gasteiger partial charge in [-0.2, -0.15) is 0 Å². The Bertz CT molecular complexity index is 622. The van der Waals surface area contributed by atoms with Crippen LogP contribution in [0.4, 0.5) is 0 Å². The van der Waals surface area contributed by atoms with Crippen LogP contribution in [0.5, 0.6) is 0 Å². The number of aromatic nitrogens is 2.